The predicted molar refractivity (Wildman–Crippen MR) is 69.7 cm³/mol. The number of nitrogens with one attached hydrogen (secondary N) is 1. The standard InChI is InChI=1S/C11H24N2O2S/c1-5-11(6-2,16-4)8-13-10(14)9(12)7-15-3/h9H,5-8,12H2,1-4H3,(H,13,14). The zero-order valence-electron chi connectivity index (χ0n) is 10.7. The maximum Gasteiger partial charge on any atom is 0.239 e. The van der Waals surface area contributed by atoms with Crippen LogP contribution in [0.1, 0.15) is 26.7 Å². The molecule has 0 aromatic rings. The van der Waals surface area contributed by atoms with E-state index in [1.165, 1.54) is 7.11 Å². The van der Waals surface area contributed by atoms with E-state index in [1.54, 1.807) is 11.8 Å². The minimum Gasteiger partial charge on any atom is -0.383 e. The zero-order chi connectivity index (χ0) is 12.6. The van der Waals surface area contributed by atoms with E-state index in [2.05, 4.69) is 25.4 Å². The Morgan fingerprint density at radius 3 is 2.44 bits per heavy atom. The van der Waals surface area contributed by atoms with E-state index in [9.17, 15) is 4.79 Å². The molecule has 1 amide bonds. The number of hydrogen-bond acceptors (Lipinski definition) is 4. The molecule has 0 radical (unpaired) electrons. The summed E-state index contributed by atoms with van der Waals surface area (Å²) in [5, 5.41) is 2.90. The van der Waals surface area contributed by atoms with Gasteiger partial charge in [-0.15, -0.1) is 0 Å². The van der Waals surface area contributed by atoms with E-state index in [-0.39, 0.29) is 17.3 Å². The van der Waals surface area contributed by atoms with Crippen molar-refractivity contribution in [2.24, 2.45) is 5.73 Å². The fourth-order valence-electron chi connectivity index (χ4n) is 1.50. The average molecular weight is 248 g/mol. The van der Waals surface area contributed by atoms with E-state index in [4.69, 9.17) is 10.5 Å². The molecule has 16 heavy (non-hydrogen) atoms. The van der Waals surface area contributed by atoms with Crippen LogP contribution in [0.3, 0.4) is 0 Å². The van der Waals surface area contributed by atoms with E-state index < -0.39 is 6.04 Å². The summed E-state index contributed by atoms with van der Waals surface area (Å²) in [5.41, 5.74) is 5.64. The van der Waals surface area contributed by atoms with Gasteiger partial charge in [0, 0.05) is 18.4 Å². The minimum atomic E-state index is -0.571. The van der Waals surface area contributed by atoms with Crippen molar-refractivity contribution in [3.8, 4) is 0 Å². The van der Waals surface area contributed by atoms with Gasteiger partial charge in [-0.2, -0.15) is 11.8 Å². The Bertz CT molecular complexity index is 200. The van der Waals surface area contributed by atoms with Gasteiger partial charge in [-0.05, 0) is 19.1 Å². The molecule has 0 rings (SSSR count). The Balaban J connectivity index is 4.15. The zero-order valence-corrected chi connectivity index (χ0v) is 11.5. The summed E-state index contributed by atoms with van der Waals surface area (Å²) in [5.74, 6) is -0.137. The lowest BCUT2D eigenvalue weighted by Gasteiger charge is -2.30. The number of ether oxygens (including phenoxy) is 1. The molecular weight excluding hydrogens is 224 g/mol. The van der Waals surface area contributed by atoms with Crippen molar-refractivity contribution in [1.29, 1.82) is 0 Å². The molecule has 0 bridgehead atoms. The Labute approximate surface area is 103 Å². The van der Waals surface area contributed by atoms with Crippen molar-refractivity contribution in [2.75, 3.05) is 26.5 Å². The van der Waals surface area contributed by atoms with Gasteiger partial charge in [-0.1, -0.05) is 13.8 Å². The molecular formula is C11H24N2O2S. The number of nitrogens with two attached hydrogens (primary N) is 1. The SMILES string of the molecule is CCC(CC)(CNC(=O)C(N)COC)SC. The molecule has 0 spiro atoms. The molecule has 0 aromatic carbocycles. The van der Waals surface area contributed by atoms with Crippen LogP contribution in [0.25, 0.3) is 0 Å². The topological polar surface area (TPSA) is 64.4 Å². The first-order valence-corrected chi connectivity index (χ1v) is 6.85. The number of methoxy groups -OCH3 is 1. The van der Waals surface area contributed by atoms with Crippen LogP contribution in [-0.4, -0.2) is 43.2 Å². The quantitative estimate of drug-likeness (QED) is 0.672. The molecule has 0 aromatic heterocycles. The van der Waals surface area contributed by atoms with Crippen LogP contribution in [0.2, 0.25) is 0 Å². The van der Waals surface area contributed by atoms with Crippen LogP contribution in [0, 0.1) is 0 Å². The fraction of sp³-hybridized carbons (Fsp3) is 0.909. The van der Waals surface area contributed by atoms with Gasteiger partial charge in [0.1, 0.15) is 6.04 Å². The summed E-state index contributed by atoms with van der Waals surface area (Å²) < 4.78 is 4.97. The predicted octanol–water partition coefficient (Wildman–Crippen LogP) is 0.998. The third kappa shape index (κ3) is 4.72. The van der Waals surface area contributed by atoms with Gasteiger partial charge in [-0.3, -0.25) is 4.79 Å². The van der Waals surface area contributed by atoms with Crippen LogP contribution in [0.15, 0.2) is 0 Å². The molecule has 5 heteroatoms. The summed E-state index contributed by atoms with van der Waals surface area (Å²) in [7, 11) is 1.54. The summed E-state index contributed by atoms with van der Waals surface area (Å²) in [6.07, 6.45) is 4.14. The molecule has 0 heterocycles. The largest absolute Gasteiger partial charge is 0.383 e. The van der Waals surface area contributed by atoms with Gasteiger partial charge in [0.15, 0.2) is 0 Å². The second kappa shape index (κ2) is 7.92. The maximum absolute atomic E-state index is 11.6. The number of thioether (sulfide) groups is 1. The minimum absolute atomic E-state index is 0.127. The molecule has 0 saturated carbocycles. The number of hydrogen-bond donors (Lipinski definition) is 2. The van der Waals surface area contributed by atoms with Crippen molar-refractivity contribution in [1.82, 2.24) is 5.32 Å². The molecule has 0 saturated heterocycles. The first kappa shape index (κ1) is 15.7. The Kier molecular flexibility index (Phi) is 7.80. The van der Waals surface area contributed by atoms with Gasteiger partial charge < -0.3 is 15.8 Å². The lowest BCUT2D eigenvalue weighted by atomic mass is 10.0. The number of carbonyl (C=O) groups excluding carboxylic acids is 1. The van der Waals surface area contributed by atoms with Crippen molar-refractivity contribution in [2.45, 2.75) is 37.5 Å². The highest BCUT2D eigenvalue weighted by molar-refractivity contribution is 8.00. The molecule has 0 aliphatic carbocycles. The fourth-order valence-corrected chi connectivity index (χ4v) is 2.29. The Hall–Kier alpha value is -0.260. The highest BCUT2D eigenvalue weighted by Crippen LogP contribution is 2.29. The lowest BCUT2D eigenvalue weighted by molar-refractivity contribution is -0.123. The normalized spacial score (nSPS) is 13.6. The molecule has 0 fully saturated rings. The van der Waals surface area contributed by atoms with Gasteiger partial charge in [0.2, 0.25) is 5.91 Å². The Morgan fingerprint density at radius 2 is 2.06 bits per heavy atom. The smallest absolute Gasteiger partial charge is 0.239 e. The van der Waals surface area contributed by atoms with E-state index >= 15 is 0 Å². The van der Waals surface area contributed by atoms with Crippen LogP contribution in [-0.2, 0) is 9.53 Å². The van der Waals surface area contributed by atoms with Crippen LogP contribution < -0.4 is 11.1 Å². The lowest BCUT2D eigenvalue weighted by Crippen LogP contribution is -2.48. The van der Waals surface area contributed by atoms with Gasteiger partial charge in [-0.25, -0.2) is 0 Å². The van der Waals surface area contributed by atoms with E-state index in [0.29, 0.717) is 6.54 Å². The molecule has 96 valence electrons. The van der Waals surface area contributed by atoms with Gasteiger partial charge >= 0.3 is 0 Å². The van der Waals surface area contributed by atoms with Crippen molar-refractivity contribution in [3.05, 3.63) is 0 Å². The highest BCUT2D eigenvalue weighted by atomic mass is 32.2. The first-order valence-electron chi connectivity index (χ1n) is 5.62. The second-order valence-electron chi connectivity index (χ2n) is 3.87. The molecule has 1 atom stereocenters. The first-order chi connectivity index (χ1) is 7.55. The molecule has 3 N–H and O–H groups in total. The third-order valence-electron chi connectivity index (χ3n) is 2.99. The maximum atomic E-state index is 11.6. The summed E-state index contributed by atoms with van der Waals surface area (Å²) in [4.78, 5) is 11.6. The summed E-state index contributed by atoms with van der Waals surface area (Å²) in [6, 6.07) is -0.571. The third-order valence-corrected chi connectivity index (χ3v) is 4.58. The summed E-state index contributed by atoms with van der Waals surface area (Å²) in [6.45, 7) is 5.20. The molecule has 4 nitrogen and oxygen atoms in total. The second-order valence-corrected chi connectivity index (χ2v) is 5.15. The van der Waals surface area contributed by atoms with Gasteiger partial charge in [0.25, 0.3) is 0 Å². The monoisotopic (exact) mass is 248 g/mol. The van der Waals surface area contributed by atoms with Crippen LogP contribution in [0.4, 0.5) is 0 Å². The van der Waals surface area contributed by atoms with E-state index in [0.717, 1.165) is 12.8 Å². The summed E-state index contributed by atoms with van der Waals surface area (Å²) >= 11 is 1.80. The highest BCUT2D eigenvalue weighted by Gasteiger charge is 2.26. The number of carbonyl (C=O) groups is 1. The van der Waals surface area contributed by atoms with Crippen LogP contribution in [0.5, 0.6) is 0 Å². The van der Waals surface area contributed by atoms with Crippen molar-refractivity contribution < 1.29 is 9.53 Å². The Morgan fingerprint density at radius 1 is 1.50 bits per heavy atom. The number of rotatable bonds is 8. The van der Waals surface area contributed by atoms with Crippen molar-refractivity contribution >= 4 is 17.7 Å². The molecule has 0 aliphatic rings. The average Bonchev–Trinajstić information content (AvgIpc) is 2.31. The van der Waals surface area contributed by atoms with Crippen molar-refractivity contribution in [3.63, 3.8) is 0 Å². The van der Waals surface area contributed by atoms with E-state index in [1.807, 2.05) is 0 Å². The van der Waals surface area contributed by atoms with Gasteiger partial charge in [0.05, 0.1) is 6.61 Å². The van der Waals surface area contributed by atoms with Crippen LogP contribution >= 0.6 is 11.8 Å². The number of amides is 1. The molecule has 1 unspecified atom stereocenters. The molecule has 0 aliphatic heterocycles.